The van der Waals surface area contributed by atoms with Crippen LogP contribution in [0.2, 0.25) is 0 Å². The molecule has 4 aromatic rings. The van der Waals surface area contributed by atoms with Gasteiger partial charge in [0.1, 0.15) is 17.3 Å². The molecular formula is C29H23F5N4O3. The number of hydrogen-bond acceptors (Lipinski definition) is 5. The minimum absolute atomic E-state index is 0.000437. The molecule has 0 radical (unpaired) electrons. The van der Waals surface area contributed by atoms with Crippen molar-refractivity contribution in [3.05, 3.63) is 89.6 Å². The molecule has 5 rings (SSSR count). The predicted molar refractivity (Wildman–Crippen MR) is 138 cm³/mol. The third-order valence-corrected chi connectivity index (χ3v) is 7.00. The molecule has 1 aliphatic heterocycles. The summed E-state index contributed by atoms with van der Waals surface area (Å²) < 4.78 is 71.9. The van der Waals surface area contributed by atoms with E-state index in [4.69, 9.17) is 4.74 Å². The second kappa shape index (κ2) is 11.1. The van der Waals surface area contributed by atoms with Crippen molar-refractivity contribution >= 4 is 11.9 Å². The first-order chi connectivity index (χ1) is 19.5. The van der Waals surface area contributed by atoms with Crippen molar-refractivity contribution in [3.8, 4) is 28.1 Å². The van der Waals surface area contributed by atoms with Crippen LogP contribution in [-0.2, 0) is 9.53 Å². The largest absolute Gasteiger partial charge is 0.471 e. The van der Waals surface area contributed by atoms with Crippen molar-refractivity contribution < 1.29 is 36.3 Å². The second-order valence-electron chi connectivity index (χ2n) is 9.65. The van der Waals surface area contributed by atoms with Gasteiger partial charge in [-0.1, -0.05) is 29.5 Å². The maximum absolute atomic E-state index is 13.7. The maximum atomic E-state index is 13.7. The Morgan fingerprint density at radius 1 is 0.878 bits per heavy atom. The van der Waals surface area contributed by atoms with E-state index in [2.05, 4.69) is 10.3 Å². The summed E-state index contributed by atoms with van der Waals surface area (Å²) in [5.74, 6) is -3.91. The third kappa shape index (κ3) is 6.11. The number of aromatic nitrogens is 3. The van der Waals surface area contributed by atoms with Gasteiger partial charge in [-0.15, -0.1) is 5.10 Å². The minimum atomic E-state index is -4.88. The van der Waals surface area contributed by atoms with Gasteiger partial charge in [0.25, 0.3) is 0 Å². The summed E-state index contributed by atoms with van der Waals surface area (Å²) in [6.07, 6.45) is -2.58. The van der Waals surface area contributed by atoms with Gasteiger partial charge in [-0.3, -0.25) is 4.79 Å². The normalized spacial score (nSPS) is 14.2. The van der Waals surface area contributed by atoms with Gasteiger partial charge in [-0.25, -0.2) is 18.3 Å². The highest BCUT2D eigenvalue weighted by atomic mass is 19.4. The SMILES string of the molecule is COC(=O)c1cc(-c2ccc(C3CCN(C(=O)C(F)(F)F)CC3)cc2)cc(-n2cc(-c3cc(F)cc(F)c3)nn2)c1. The Hall–Kier alpha value is -4.61. The van der Waals surface area contributed by atoms with Gasteiger partial charge in [-0.05, 0) is 65.8 Å². The highest BCUT2D eigenvalue weighted by Crippen LogP contribution is 2.32. The van der Waals surface area contributed by atoms with Crippen LogP contribution in [0, 0.1) is 11.6 Å². The van der Waals surface area contributed by atoms with E-state index in [9.17, 15) is 31.5 Å². The molecule has 1 aromatic heterocycles. The molecular weight excluding hydrogens is 547 g/mol. The number of benzene rings is 3. The standard InChI is InChI=1S/C29H23F5N4O3/c1-41-27(39)22-10-20(13-25(14-22)38-16-26(35-36-38)21-11-23(30)15-24(31)12-21)18-4-2-17(3-5-18)19-6-8-37(9-7-19)28(40)29(32,33)34/h2-5,10-16,19H,6-9H2,1H3. The Labute approximate surface area is 231 Å². The molecule has 41 heavy (non-hydrogen) atoms. The lowest BCUT2D eigenvalue weighted by Gasteiger charge is -2.32. The van der Waals surface area contributed by atoms with Crippen LogP contribution in [0.15, 0.2) is 66.9 Å². The average Bonchev–Trinajstić information content (AvgIpc) is 3.46. The van der Waals surface area contributed by atoms with Gasteiger partial charge in [0.15, 0.2) is 0 Å². The molecule has 0 unspecified atom stereocenters. The molecule has 1 aliphatic rings. The average molecular weight is 571 g/mol. The van der Waals surface area contributed by atoms with Gasteiger partial charge in [0.05, 0.1) is 24.6 Å². The molecule has 212 valence electrons. The zero-order valence-corrected chi connectivity index (χ0v) is 21.7. The van der Waals surface area contributed by atoms with Crippen molar-refractivity contribution in [1.82, 2.24) is 19.9 Å². The quantitative estimate of drug-likeness (QED) is 0.220. The van der Waals surface area contributed by atoms with Crippen molar-refractivity contribution in [2.45, 2.75) is 24.9 Å². The number of amides is 1. The van der Waals surface area contributed by atoms with Gasteiger partial charge >= 0.3 is 18.1 Å². The number of likely N-dealkylation sites (tertiary alicyclic amines) is 1. The summed E-state index contributed by atoms with van der Waals surface area (Å²) >= 11 is 0. The summed E-state index contributed by atoms with van der Waals surface area (Å²) in [4.78, 5) is 24.8. The van der Waals surface area contributed by atoms with Gasteiger partial charge in [-0.2, -0.15) is 13.2 Å². The second-order valence-corrected chi connectivity index (χ2v) is 9.65. The molecule has 7 nitrogen and oxygen atoms in total. The number of methoxy groups -OCH3 is 1. The number of halogens is 5. The Morgan fingerprint density at radius 3 is 2.15 bits per heavy atom. The summed E-state index contributed by atoms with van der Waals surface area (Å²) in [5, 5.41) is 8.08. The number of piperidine rings is 1. The molecule has 0 aliphatic carbocycles. The Kier molecular flexibility index (Phi) is 7.57. The van der Waals surface area contributed by atoms with Crippen LogP contribution in [-0.4, -0.2) is 58.1 Å². The number of rotatable bonds is 5. The Balaban J connectivity index is 1.40. The summed E-state index contributed by atoms with van der Waals surface area (Å²) in [5.41, 5.74) is 3.43. The van der Waals surface area contributed by atoms with Crippen LogP contribution in [0.25, 0.3) is 28.1 Å². The van der Waals surface area contributed by atoms with E-state index < -0.39 is 29.7 Å². The van der Waals surface area contributed by atoms with Crippen LogP contribution in [0.3, 0.4) is 0 Å². The first-order valence-electron chi connectivity index (χ1n) is 12.6. The molecule has 12 heteroatoms. The zero-order chi connectivity index (χ0) is 29.3. The van der Waals surface area contributed by atoms with Crippen LogP contribution >= 0.6 is 0 Å². The van der Waals surface area contributed by atoms with Crippen molar-refractivity contribution in [1.29, 1.82) is 0 Å². The fraction of sp³-hybridized carbons (Fsp3) is 0.241. The number of esters is 1. The Bertz CT molecular complexity index is 1570. The van der Waals surface area contributed by atoms with Gasteiger partial charge in [0.2, 0.25) is 0 Å². The number of nitrogens with zero attached hydrogens (tertiary/aromatic N) is 4. The predicted octanol–water partition coefficient (Wildman–Crippen LogP) is 5.93. The zero-order valence-electron chi connectivity index (χ0n) is 21.7. The van der Waals surface area contributed by atoms with E-state index >= 15 is 0 Å². The van der Waals surface area contributed by atoms with Crippen molar-refractivity contribution in [2.75, 3.05) is 20.2 Å². The van der Waals surface area contributed by atoms with Crippen LogP contribution in [0.4, 0.5) is 22.0 Å². The van der Waals surface area contributed by atoms with E-state index in [1.165, 1.54) is 18.0 Å². The van der Waals surface area contributed by atoms with E-state index in [0.29, 0.717) is 24.1 Å². The molecule has 1 amide bonds. The summed E-state index contributed by atoms with van der Waals surface area (Å²) in [6, 6.07) is 15.4. The first-order valence-corrected chi connectivity index (χ1v) is 12.6. The van der Waals surface area contributed by atoms with Gasteiger partial charge in [0, 0.05) is 24.7 Å². The number of carbonyl (C=O) groups excluding carboxylic acids is 2. The number of carbonyl (C=O) groups is 2. The number of alkyl halides is 3. The number of ether oxygens (including phenoxy) is 1. The summed E-state index contributed by atoms with van der Waals surface area (Å²) in [6.45, 7) is 0.0505. The maximum Gasteiger partial charge on any atom is 0.471 e. The highest BCUT2D eigenvalue weighted by molar-refractivity contribution is 5.92. The molecule has 2 heterocycles. The van der Waals surface area contributed by atoms with E-state index in [1.807, 2.05) is 24.3 Å². The van der Waals surface area contributed by atoms with Crippen LogP contribution in [0.5, 0.6) is 0 Å². The van der Waals surface area contributed by atoms with Crippen LogP contribution in [0.1, 0.15) is 34.7 Å². The monoisotopic (exact) mass is 570 g/mol. The minimum Gasteiger partial charge on any atom is -0.465 e. The Morgan fingerprint density at radius 2 is 1.54 bits per heavy atom. The molecule has 0 bridgehead atoms. The fourth-order valence-electron chi connectivity index (χ4n) is 4.91. The summed E-state index contributed by atoms with van der Waals surface area (Å²) in [7, 11) is 1.25. The topological polar surface area (TPSA) is 77.3 Å². The molecule has 0 saturated carbocycles. The molecule has 0 atom stereocenters. The fourth-order valence-corrected chi connectivity index (χ4v) is 4.91. The molecule has 1 fully saturated rings. The molecule has 3 aromatic carbocycles. The number of hydrogen-bond donors (Lipinski definition) is 0. The smallest absolute Gasteiger partial charge is 0.465 e. The molecule has 1 saturated heterocycles. The van der Waals surface area contributed by atoms with Crippen LogP contribution < -0.4 is 0 Å². The molecule has 0 spiro atoms. The lowest BCUT2D eigenvalue weighted by molar-refractivity contribution is -0.186. The van der Waals surface area contributed by atoms with Gasteiger partial charge < -0.3 is 9.64 Å². The highest BCUT2D eigenvalue weighted by Gasteiger charge is 2.43. The molecule has 0 N–H and O–H groups in total. The lowest BCUT2D eigenvalue weighted by atomic mass is 9.88. The van der Waals surface area contributed by atoms with E-state index in [0.717, 1.165) is 34.2 Å². The van der Waals surface area contributed by atoms with E-state index in [-0.39, 0.29) is 35.8 Å². The van der Waals surface area contributed by atoms with Crippen molar-refractivity contribution in [3.63, 3.8) is 0 Å². The third-order valence-electron chi connectivity index (χ3n) is 7.00. The van der Waals surface area contributed by atoms with Crippen molar-refractivity contribution in [2.24, 2.45) is 0 Å². The first kappa shape index (κ1) is 27.9. The van der Waals surface area contributed by atoms with E-state index in [1.54, 1.807) is 18.2 Å². The lowest BCUT2D eigenvalue weighted by Crippen LogP contribution is -2.45.